The monoisotopic (exact) mass is 381 g/mol. The second kappa shape index (κ2) is 7.12. The van der Waals surface area contributed by atoms with Gasteiger partial charge in [-0.1, -0.05) is 26.8 Å². The molecule has 0 aliphatic heterocycles. The van der Waals surface area contributed by atoms with Gasteiger partial charge in [0.15, 0.2) is 5.82 Å². The van der Waals surface area contributed by atoms with Crippen molar-refractivity contribution in [1.82, 2.24) is 9.55 Å². The molecule has 2 atom stereocenters. The van der Waals surface area contributed by atoms with Gasteiger partial charge in [0, 0.05) is 11.7 Å². The van der Waals surface area contributed by atoms with Gasteiger partial charge in [0.25, 0.3) is 0 Å². The molecular formula is C23H28FN3O. The predicted molar refractivity (Wildman–Crippen MR) is 112 cm³/mol. The van der Waals surface area contributed by atoms with E-state index < -0.39 is 0 Å². The fraction of sp³-hybridized carbons (Fsp3) is 0.435. The average molecular weight is 381 g/mol. The lowest BCUT2D eigenvalue weighted by Gasteiger charge is -2.40. The molecule has 0 radical (unpaired) electrons. The Bertz CT molecular complexity index is 977. The van der Waals surface area contributed by atoms with Crippen molar-refractivity contribution >= 4 is 22.7 Å². The van der Waals surface area contributed by atoms with Crippen molar-refractivity contribution < 1.29 is 9.13 Å². The number of imidazole rings is 1. The normalized spacial score (nSPS) is 21.6. The van der Waals surface area contributed by atoms with Crippen molar-refractivity contribution in [3.63, 3.8) is 0 Å². The van der Waals surface area contributed by atoms with Crippen LogP contribution in [0.25, 0.3) is 11.0 Å². The summed E-state index contributed by atoms with van der Waals surface area (Å²) in [4.78, 5) is 4.64. The molecule has 3 aromatic rings. The third-order valence-corrected chi connectivity index (χ3v) is 5.75. The van der Waals surface area contributed by atoms with Crippen LogP contribution in [-0.4, -0.2) is 16.7 Å². The first-order valence-electron chi connectivity index (χ1n) is 9.94. The molecule has 1 fully saturated rings. The second-order valence-corrected chi connectivity index (χ2v) is 8.83. The molecular weight excluding hydrogens is 353 g/mol. The smallest absolute Gasteiger partial charge is 0.208 e. The Morgan fingerprint density at radius 3 is 2.57 bits per heavy atom. The predicted octanol–water partition coefficient (Wildman–Crippen LogP) is 6.31. The van der Waals surface area contributed by atoms with Crippen LogP contribution in [0.15, 0.2) is 42.5 Å². The molecule has 28 heavy (non-hydrogen) atoms. The van der Waals surface area contributed by atoms with E-state index in [4.69, 9.17) is 4.74 Å². The molecule has 1 N–H and O–H groups in total. The van der Waals surface area contributed by atoms with Crippen LogP contribution in [0.2, 0.25) is 0 Å². The molecule has 0 bridgehead atoms. The van der Waals surface area contributed by atoms with Gasteiger partial charge >= 0.3 is 0 Å². The van der Waals surface area contributed by atoms with E-state index in [1.165, 1.54) is 12.5 Å². The van der Waals surface area contributed by atoms with Gasteiger partial charge in [-0.3, -0.25) is 0 Å². The topological polar surface area (TPSA) is 39.1 Å². The minimum atomic E-state index is -0.280. The van der Waals surface area contributed by atoms with Crippen LogP contribution >= 0.6 is 0 Å². The molecule has 0 amide bonds. The molecule has 1 heterocycles. The van der Waals surface area contributed by atoms with E-state index in [0.717, 1.165) is 29.8 Å². The number of nitrogens with one attached hydrogen (secondary N) is 1. The zero-order valence-corrected chi connectivity index (χ0v) is 17.0. The van der Waals surface area contributed by atoms with Crippen molar-refractivity contribution in [3.8, 4) is 5.75 Å². The number of anilines is 2. The second-order valence-electron chi connectivity index (χ2n) is 8.83. The van der Waals surface area contributed by atoms with Crippen LogP contribution < -0.4 is 10.1 Å². The quantitative estimate of drug-likeness (QED) is 0.575. The fourth-order valence-corrected chi connectivity index (χ4v) is 4.84. The van der Waals surface area contributed by atoms with E-state index >= 15 is 0 Å². The lowest BCUT2D eigenvalue weighted by atomic mass is 9.70. The van der Waals surface area contributed by atoms with Crippen molar-refractivity contribution in [1.29, 1.82) is 0 Å². The number of methoxy groups -OCH3 is 1. The highest BCUT2D eigenvalue weighted by atomic mass is 19.1. The van der Waals surface area contributed by atoms with E-state index in [-0.39, 0.29) is 17.3 Å². The number of benzene rings is 2. The SMILES string of the molecule is COc1ccc(Nc2nc3c(F)cccc3n2C2CC(C)CC(C)(C)C2)cc1. The van der Waals surface area contributed by atoms with E-state index in [2.05, 4.69) is 35.6 Å². The fourth-order valence-electron chi connectivity index (χ4n) is 4.84. The maximum atomic E-state index is 14.5. The number of fused-ring (bicyclic) bond motifs is 1. The highest BCUT2D eigenvalue weighted by Gasteiger charge is 2.34. The van der Waals surface area contributed by atoms with Crippen molar-refractivity contribution in [2.75, 3.05) is 12.4 Å². The van der Waals surface area contributed by atoms with Gasteiger partial charge in [0.2, 0.25) is 5.95 Å². The van der Waals surface area contributed by atoms with Gasteiger partial charge in [-0.15, -0.1) is 0 Å². The highest BCUT2D eigenvalue weighted by Crippen LogP contribution is 2.46. The van der Waals surface area contributed by atoms with Gasteiger partial charge in [-0.05, 0) is 67.0 Å². The molecule has 1 aromatic heterocycles. The summed E-state index contributed by atoms with van der Waals surface area (Å²) in [5.41, 5.74) is 2.44. The first-order chi connectivity index (χ1) is 13.4. The summed E-state index contributed by atoms with van der Waals surface area (Å²) < 4.78 is 21.9. The molecule has 4 nitrogen and oxygen atoms in total. The van der Waals surface area contributed by atoms with Gasteiger partial charge in [0.1, 0.15) is 11.3 Å². The number of halogens is 1. The molecule has 4 rings (SSSR count). The standard InChI is InChI=1S/C23H28FN3O/c1-15-12-17(14-23(2,3)13-15)27-20-7-5-6-19(24)21(20)26-22(27)25-16-8-10-18(28-4)11-9-16/h5-11,15,17H,12-14H2,1-4H3,(H,25,26). The summed E-state index contributed by atoms with van der Waals surface area (Å²) in [5, 5.41) is 3.41. The molecule has 2 unspecified atom stereocenters. The molecule has 1 aliphatic rings. The van der Waals surface area contributed by atoms with Crippen LogP contribution in [0.1, 0.15) is 46.1 Å². The summed E-state index contributed by atoms with van der Waals surface area (Å²) in [6.45, 7) is 6.96. The van der Waals surface area contributed by atoms with Gasteiger partial charge in [0.05, 0.1) is 12.6 Å². The van der Waals surface area contributed by atoms with Crippen LogP contribution in [0.5, 0.6) is 5.75 Å². The van der Waals surface area contributed by atoms with E-state index in [1.54, 1.807) is 13.2 Å². The maximum Gasteiger partial charge on any atom is 0.208 e. The number of para-hydroxylation sites is 1. The molecule has 0 saturated heterocycles. The molecule has 5 heteroatoms. The minimum absolute atomic E-state index is 0.254. The Balaban J connectivity index is 1.79. The number of ether oxygens (including phenoxy) is 1. The summed E-state index contributed by atoms with van der Waals surface area (Å²) in [7, 11) is 1.65. The number of nitrogens with zero attached hydrogens (tertiary/aromatic N) is 2. The Morgan fingerprint density at radius 1 is 1.14 bits per heavy atom. The number of hydrogen-bond acceptors (Lipinski definition) is 3. The van der Waals surface area contributed by atoms with Crippen LogP contribution in [0.3, 0.4) is 0 Å². The Kier molecular flexibility index (Phi) is 4.77. The van der Waals surface area contributed by atoms with Gasteiger partial charge < -0.3 is 14.6 Å². The van der Waals surface area contributed by atoms with Gasteiger partial charge in [-0.25, -0.2) is 9.37 Å². The van der Waals surface area contributed by atoms with Crippen molar-refractivity contribution in [2.24, 2.45) is 11.3 Å². The number of hydrogen-bond donors (Lipinski definition) is 1. The molecule has 1 saturated carbocycles. The van der Waals surface area contributed by atoms with E-state index in [1.807, 2.05) is 30.3 Å². The minimum Gasteiger partial charge on any atom is -0.497 e. The summed E-state index contributed by atoms with van der Waals surface area (Å²) >= 11 is 0. The molecule has 1 aliphatic carbocycles. The van der Waals surface area contributed by atoms with Crippen LogP contribution in [0, 0.1) is 17.2 Å². The Hall–Kier alpha value is -2.56. The van der Waals surface area contributed by atoms with E-state index in [9.17, 15) is 4.39 Å². The Labute approximate surface area is 165 Å². The lowest BCUT2D eigenvalue weighted by Crippen LogP contribution is -2.29. The van der Waals surface area contributed by atoms with Crippen molar-refractivity contribution in [2.45, 2.75) is 46.1 Å². The third-order valence-electron chi connectivity index (χ3n) is 5.75. The van der Waals surface area contributed by atoms with Crippen molar-refractivity contribution in [3.05, 3.63) is 48.3 Å². The lowest BCUT2D eigenvalue weighted by molar-refractivity contribution is 0.140. The highest BCUT2D eigenvalue weighted by molar-refractivity contribution is 5.80. The van der Waals surface area contributed by atoms with E-state index in [0.29, 0.717) is 17.4 Å². The zero-order valence-electron chi connectivity index (χ0n) is 17.0. The number of rotatable bonds is 4. The van der Waals surface area contributed by atoms with Crippen LogP contribution in [-0.2, 0) is 0 Å². The summed E-state index contributed by atoms with van der Waals surface area (Å²) in [5.74, 6) is 1.83. The Morgan fingerprint density at radius 2 is 1.89 bits per heavy atom. The van der Waals surface area contributed by atoms with Crippen LogP contribution in [0.4, 0.5) is 16.0 Å². The maximum absolute atomic E-state index is 14.5. The molecule has 0 spiro atoms. The van der Waals surface area contributed by atoms with Gasteiger partial charge in [-0.2, -0.15) is 0 Å². The molecule has 148 valence electrons. The summed E-state index contributed by atoms with van der Waals surface area (Å²) in [6, 6.07) is 13.2. The first kappa shape index (κ1) is 18.8. The largest absolute Gasteiger partial charge is 0.497 e. The average Bonchev–Trinajstić information content (AvgIpc) is 3.00. The molecule has 2 aromatic carbocycles. The zero-order chi connectivity index (χ0) is 19.9. The third kappa shape index (κ3) is 3.58. The first-order valence-corrected chi connectivity index (χ1v) is 9.94. The number of aromatic nitrogens is 2. The summed E-state index contributed by atoms with van der Waals surface area (Å²) in [6.07, 6.45) is 3.34.